The number of nitrogens with zero attached hydrogens (tertiary/aromatic N) is 1. The van der Waals surface area contributed by atoms with Crippen molar-refractivity contribution in [2.24, 2.45) is 17.3 Å². The quantitative estimate of drug-likeness (QED) is 0.828. The van der Waals surface area contributed by atoms with Gasteiger partial charge >= 0.3 is 0 Å². The van der Waals surface area contributed by atoms with E-state index in [1.165, 1.54) is 19.4 Å². The summed E-state index contributed by atoms with van der Waals surface area (Å²) in [7, 11) is 0. The number of carbonyl (C=O) groups is 1. The third-order valence-corrected chi connectivity index (χ3v) is 5.01. The molecular formula is C15H26N2O. The van der Waals surface area contributed by atoms with Crippen molar-refractivity contribution in [1.82, 2.24) is 10.2 Å². The van der Waals surface area contributed by atoms with Crippen LogP contribution in [0.5, 0.6) is 0 Å². The van der Waals surface area contributed by atoms with E-state index in [0.29, 0.717) is 17.9 Å². The summed E-state index contributed by atoms with van der Waals surface area (Å²) < 4.78 is 0. The van der Waals surface area contributed by atoms with Gasteiger partial charge < -0.3 is 10.2 Å². The zero-order valence-corrected chi connectivity index (χ0v) is 11.7. The molecule has 3 nitrogen and oxygen atoms in total. The van der Waals surface area contributed by atoms with Gasteiger partial charge in [0.25, 0.3) is 0 Å². The number of hydrogen-bond donors (Lipinski definition) is 1. The van der Waals surface area contributed by atoms with Crippen molar-refractivity contribution in [1.29, 1.82) is 0 Å². The Morgan fingerprint density at radius 2 is 1.83 bits per heavy atom. The van der Waals surface area contributed by atoms with Gasteiger partial charge in [-0.15, -0.1) is 0 Å². The molecule has 1 unspecified atom stereocenters. The number of rotatable bonds is 4. The van der Waals surface area contributed by atoms with Crippen LogP contribution in [0.15, 0.2) is 0 Å². The van der Waals surface area contributed by atoms with Crippen LogP contribution < -0.4 is 5.32 Å². The van der Waals surface area contributed by atoms with E-state index in [9.17, 15) is 4.79 Å². The second-order valence-corrected chi connectivity index (χ2v) is 7.20. The van der Waals surface area contributed by atoms with Crippen LogP contribution in [-0.4, -0.2) is 36.5 Å². The zero-order chi connectivity index (χ0) is 12.8. The molecule has 0 bridgehead atoms. The summed E-state index contributed by atoms with van der Waals surface area (Å²) in [6.45, 7) is 7.55. The molecule has 0 spiro atoms. The van der Waals surface area contributed by atoms with E-state index in [1.807, 2.05) is 0 Å². The molecule has 18 heavy (non-hydrogen) atoms. The highest BCUT2D eigenvalue weighted by Crippen LogP contribution is 2.52. The molecule has 1 atom stereocenters. The van der Waals surface area contributed by atoms with E-state index in [4.69, 9.17) is 0 Å². The smallest absolute Gasteiger partial charge is 0.226 e. The lowest BCUT2D eigenvalue weighted by atomic mass is 10.0. The van der Waals surface area contributed by atoms with Crippen molar-refractivity contribution in [3.8, 4) is 0 Å². The maximum Gasteiger partial charge on any atom is 0.226 e. The Morgan fingerprint density at radius 3 is 2.33 bits per heavy atom. The fourth-order valence-electron chi connectivity index (χ4n) is 3.07. The lowest BCUT2D eigenvalue weighted by Crippen LogP contribution is -2.46. The van der Waals surface area contributed by atoms with Crippen LogP contribution in [0.25, 0.3) is 0 Å². The molecule has 3 fully saturated rings. The Morgan fingerprint density at radius 1 is 1.22 bits per heavy atom. The number of piperidine rings is 1. The van der Waals surface area contributed by atoms with Gasteiger partial charge in [0.2, 0.25) is 5.91 Å². The maximum atomic E-state index is 12.3. The first-order valence-electron chi connectivity index (χ1n) is 7.58. The lowest BCUT2D eigenvalue weighted by Gasteiger charge is -2.33. The fourth-order valence-corrected chi connectivity index (χ4v) is 3.07. The predicted molar refractivity (Wildman–Crippen MR) is 72.2 cm³/mol. The van der Waals surface area contributed by atoms with Crippen LogP contribution in [0.4, 0.5) is 0 Å². The second kappa shape index (κ2) is 4.52. The summed E-state index contributed by atoms with van der Waals surface area (Å²) in [6.07, 6.45) is 6.21. The van der Waals surface area contributed by atoms with Crippen LogP contribution in [0.1, 0.15) is 46.0 Å². The molecule has 0 aromatic rings. The van der Waals surface area contributed by atoms with Gasteiger partial charge in [0.05, 0.1) is 0 Å². The summed E-state index contributed by atoms with van der Waals surface area (Å²) in [5.74, 6) is 1.69. The zero-order valence-electron chi connectivity index (χ0n) is 11.7. The number of nitrogens with one attached hydrogen (secondary N) is 1. The predicted octanol–water partition coefficient (Wildman–Crippen LogP) is 2.02. The SMILES string of the molecule is CC1(C)CC1C(=O)N1CCC(NCC2CC2)CC1. The molecule has 0 aromatic carbocycles. The molecule has 102 valence electrons. The highest BCUT2D eigenvalue weighted by atomic mass is 16.2. The van der Waals surface area contributed by atoms with Gasteiger partial charge in [0.15, 0.2) is 0 Å². The molecule has 0 radical (unpaired) electrons. The number of likely N-dealkylation sites (tertiary alicyclic amines) is 1. The Balaban J connectivity index is 1.40. The number of hydrogen-bond acceptors (Lipinski definition) is 2. The highest BCUT2D eigenvalue weighted by molar-refractivity contribution is 5.82. The highest BCUT2D eigenvalue weighted by Gasteiger charge is 2.52. The minimum atomic E-state index is 0.276. The van der Waals surface area contributed by atoms with Crippen LogP contribution in [0.2, 0.25) is 0 Å². The molecule has 1 N–H and O–H groups in total. The Kier molecular flexibility index (Phi) is 3.13. The normalized spacial score (nSPS) is 31.4. The Bertz CT molecular complexity index is 327. The molecule has 2 aliphatic carbocycles. The van der Waals surface area contributed by atoms with Crippen molar-refractivity contribution in [2.45, 2.75) is 52.0 Å². The minimum Gasteiger partial charge on any atom is -0.342 e. The molecule has 3 rings (SSSR count). The topological polar surface area (TPSA) is 32.3 Å². The van der Waals surface area contributed by atoms with Crippen LogP contribution in [0.3, 0.4) is 0 Å². The first-order valence-corrected chi connectivity index (χ1v) is 7.58. The fraction of sp³-hybridized carbons (Fsp3) is 0.933. The van der Waals surface area contributed by atoms with Gasteiger partial charge in [-0.2, -0.15) is 0 Å². The van der Waals surface area contributed by atoms with Gasteiger partial charge in [-0.05, 0) is 50.0 Å². The molecular weight excluding hydrogens is 224 g/mol. The third kappa shape index (κ3) is 2.71. The second-order valence-electron chi connectivity index (χ2n) is 7.20. The number of amides is 1. The van der Waals surface area contributed by atoms with E-state index in [0.717, 1.165) is 38.3 Å². The van der Waals surface area contributed by atoms with Crippen molar-refractivity contribution < 1.29 is 4.79 Å². The molecule has 1 aliphatic heterocycles. The number of carbonyl (C=O) groups excluding carboxylic acids is 1. The van der Waals surface area contributed by atoms with Crippen molar-refractivity contribution in [3.63, 3.8) is 0 Å². The minimum absolute atomic E-state index is 0.276. The van der Waals surface area contributed by atoms with E-state index in [1.54, 1.807) is 0 Å². The first kappa shape index (κ1) is 12.5. The van der Waals surface area contributed by atoms with Crippen molar-refractivity contribution in [3.05, 3.63) is 0 Å². The van der Waals surface area contributed by atoms with Gasteiger partial charge in [-0.25, -0.2) is 0 Å². The summed E-state index contributed by atoms with van der Waals surface area (Å²) in [5.41, 5.74) is 0.276. The summed E-state index contributed by atoms with van der Waals surface area (Å²) in [5, 5.41) is 3.67. The van der Waals surface area contributed by atoms with E-state index >= 15 is 0 Å². The summed E-state index contributed by atoms with van der Waals surface area (Å²) in [4.78, 5) is 14.4. The average molecular weight is 250 g/mol. The monoisotopic (exact) mass is 250 g/mol. The maximum absolute atomic E-state index is 12.3. The summed E-state index contributed by atoms with van der Waals surface area (Å²) in [6, 6.07) is 0.655. The first-order chi connectivity index (χ1) is 8.56. The van der Waals surface area contributed by atoms with Crippen molar-refractivity contribution >= 4 is 5.91 Å². The van der Waals surface area contributed by atoms with Gasteiger partial charge in [0.1, 0.15) is 0 Å². The van der Waals surface area contributed by atoms with Crippen LogP contribution >= 0.6 is 0 Å². The molecule has 0 aromatic heterocycles. The van der Waals surface area contributed by atoms with Crippen LogP contribution in [-0.2, 0) is 4.79 Å². The molecule has 1 amide bonds. The standard InChI is InChI=1S/C15H26N2O/c1-15(2)9-13(15)14(18)17-7-5-12(6-8-17)16-10-11-3-4-11/h11-13,16H,3-10H2,1-2H3. The third-order valence-electron chi connectivity index (χ3n) is 5.01. The Hall–Kier alpha value is -0.570. The van der Waals surface area contributed by atoms with Crippen LogP contribution in [0, 0.1) is 17.3 Å². The average Bonchev–Trinajstić information content (AvgIpc) is 3.24. The lowest BCUT2D eigenvalue weighted by molar-refractivity contribution is -0.134. The van der Waals surface area contributed by atoms with E-state index in [2.05, 4.69) is 24.1 Å². The van der Waals surface area contributed by atoms with E-state index < -0.39 is 0 Å². The Labute approximate surface area is 110 Å². The molecule has 1 saturated heterocycles. The van der Waals surface area contributed by atoms with Crippen molar-refractivity contribution in [2.75, 3.05) is 19.6 Å². The van der Waals surface area contributed by atoms with E-state index in [-0.39, 0.29) is 5.41 Å². The molecule has 2 saturated carbocycles. The largest absolute Gasteiger partial charge is 0.342 e. The molecule has 3 aliphatic rings. The molecule has 3 heteroatoms. The van der Waals surface area contributed by atoms with Gasteiger partial charge in [-0.1, -0.05) is 13.8 Å². The van der Waals surface area contributed by atoms with Gasteiger partial charge in [0, 0.05) is 25.0 Å². The molecule has 1 heterocycles. The van der Waals surface area contributed by atoms with Gasteiger partial charge in [-0.3, -0.25) is 4.79 Å². The summed E-state index contributed by atoms with van der Waals surface area (Å²) >= 11 is 0.